The number of nitrogens with zero attached hydrogens (tertiary/aromatic N) is 1. The number of amides is 1. The molecule has 1 rings (SSSR count). The van der Waals surface area contributed by atoms with Crippen LogP contribution >= 0.6 is 21.6 Å². The molecule has 1 unspecified atom stereocenters. The molecule has 0 saturated carbocycles. The minimum absolute atomic E-state index is 0.235. The maximum atomic E-state index is 11.6. The van der Waals surface area contributed by atoms with Gasteiger partial charge < -0.3 is 10.2 Å². The predicted molar refractivity (Wildman–Crippen MR) is 87.7 cm³/mol. The van der Waals surface area contributed by atoms with Gasteiger partial charge in [0.2, 0.25) is 5.91 Å². The topological polar surface area (TPSA) is 32.3 Å². The Labute approximate surface area is 126 Å². The van der Waals surface area contributed by atoms with Gasteiger partial charge in [0.1, 0.15) is 0 Å². The molecule has 5 heteroatoms. The minimum Gasteiger partial charge on any atom is -0.356 e. The fraction of sp³-hybridized carbons (Fsp3) is 0.929. The molecule has 0 aromatic carbocycles. The van der Waals surface area contributed by atoms with Crippen LogP contribution in [0.3, 0.4) is 0 Å². The highest BCUT2D eigenvalue weighted by Crippen LogP contribution is 2.39. The van der Waals surface area contributed by atoms with E-state index < -0.39 is 0 Å². The average molecular weight is 305 g/mol. The zero-order valence-electron chi connectivity index (χ0n) is 12.3. The summed E-state index contributed by atoms with van der Waals surface area (Å²) >= 11 is 0. The van der Waals surface area contributed by atoms with E-state index in [0.29, 0.717) is 6.42 Å². The molecule has 0 aromatic heterocycles. The van der Waals surface area contributed by atoms with E-state index in [1.54, 1.807) is 0 Å². The van der Waals surface area contributed by atoms with Crippen LogP contribution in [-0.4, -0.2) is 49.0 Å². The van der Waals surface area contributed by atoms with Crippen molar-refractivity contribution in [1.82, 2.24) is 10.2 Å². The fourth-order valence-corrected chi connectivity index (χ4v) is 5.12. The number of rotatable bonds is 10. The Hall–Kier alpha value is 0.130. The fourth-order valence-electron chi connectivity index (χ4n) is 2.09. The number of hydrogen-bond acceptors (Lipinski definition) is 4. The van der Waals surface area contributed by atoms with Crippen LogP contribution in [0, 0.1) is 0 Å². The first kappa shape index (κ1) is 17.2. The van der Waals surface area contributed by atoms with E-state index >= 15 is 0 Å². The van der Waals surface area contributed by atoms with Gasteiger partial charge >= 0.3 is 0 Å². The summed E-state index contributed by atoms with van der Waals surface area (Å²) in [5.74, 6) is 1.54. The highest BCUT2D eigenvalue weighted by Gasteiger charge is 2.15. The summed E-state index contributed by atoms with van der Waals surface area (Å²) in [5.41, 5.74) is 0. The molecule has 1 saturated heterocycles. The lowest BCUT2D eigenvalue weighted by Crippen LogP contribution is -2.25. The van der Waals surface area contributed by atoms with E-state index in [1.165, 1.54) is 25.0 Å². The lowest BCUT2D eigenvalue weighted by atomic mass is 10.1. The van der Waals surface area contributed by atoms with E-state index in [0.717, 1.165) is 37.6 Å². The zero-order chi connectivity index (χ0) is 13.9. The maximum absolute atomic E-state index is 11.6. The minimum atomic E-state index is 0.235. The monoisotopic (exact) mass is 304 g/mol. The van der Waals surface area contributed by atoms with E-state index in [2.05, 4.69) is 24.3 Å². The first-order chi connectivity index (χ1) is 9.18. The molecule has 0 aromatic rings. The van der Waals surface area contributed by atoms with Crippen molar-refractivity contribution in [1.29, 1.82) is 0 Å². The quantitative estimate of drug-likeness (QED) is 0.496. The Morgan fingerprint density at radius 3 is 2.79 bits per heavy atom. The van der Waals surface area contributed by atoms with Crippen molar-refractivity contribution >= 4 is 27.5 Å². The normalized spacial score (nSPS) is 19.0. The van der Waals surface area contributed by atoms with Crippen molar-refractivity contribution in [3.05, 3.63) is 0 Å². The second-order valence-electron chi connectivity index (χ2n) is 5.44. The number of carbonyl (C=O) groups is 1. The van der Waals surface area contributed by atoms with Crippen molar-refractivity contribution in [3.63, 3.8) is 0 Å². The molecular formula is C14H28N2OS2. The summed E-state index contributed by atoms with van der Waals surface area (Å²) < 4.78 is 0. The second kappa shape index (κ2) is 10.9. The van der Waals surface area contributed by atoms with Crippen molar-refractivity contribution in [3.8, 4) is 0 Å². The summed E-state index contributed by atoms with van der Waals surface area (Å²) in [7, 11) is 8.20. The van der Waals surface area contributed by atoms with Gasteiger partial charge in [-0.1, -0.05) is 28.0 Å². The molecule has 0 radical (unpaired) electrons. The first-order valence-corrected chi connectivity index (χ1v) is 9.76. The molecule has 1 aliphatic heterocycles. The van der Waals surface area contributed by atoms with Gasteiger partial charge in [-0.15, -0.1) is 0 Å². The molecule has 1 N–H and O–H groups in total. The third-order valence-corrected chi connectivity index (χ3v) is 6.27. The Morgan fingerprint density at radius 2 is 2.11 bits per heavy atom. The Balaban J connectivity index is 1.84. The Morgan fingerprint density at radius 1 is 1.26 bits per heavy atom. The highest BCUT2D eigenvalue weighted by atomic mass is 33.1. The molecule has 1 fully saturated rings. The molecule has 19 heavy (non-hydrogen) atoms. The lowest BCUT2D eigenvalue weighted by molar-refractivity contribution is -0.121. The van der Waals surface area contributed by atoms with Crippen LogP contribution in [-0.2, 0) is 4.79 Å². The van der Waals surface area contributed by atoms with E-state index in [9.17, 15) is 4.79 Å². The number of unbranched alkanes of at least 4 members (excludes halogenated alkanes) is 2. The molecule has 112 valence electrons. The van der Waals surface area contributed by atoms with Gasteiger partial charge in [0.15, 0.2) is 0 Å². The molecule has 1 heterocycles. The smallest absolute Gasteiger partial charge is 0.219 e. The van der Waals surface area contributed by atoms with Crippen LogP contribution in [0.4, 0.5) is 0 Å². The van der Waals surface area contributed by atoms with Crippen molar-refractivity contribution < 1.29 is 4.79 Å². The predicted octanol–water partition coefficient (Wildman–Crippen LogP) is 3.16. The van der Waals surface area contributed by atoms with Gasteiger partial charge in [-0.2, -0.15) is 0 Å². The summed E-state index contributed by atoms with van der Waals surface area (Å²) in [6.45, 7) is 1.94. The third kappa shape index (κ3) is 9.63. The molecule has 1 atom stereocenters. The lowest BCUT2D eigenvalue weighted by Gasteiger charge is -2.10. The van der Waals surface area contributed by atoms with Crippen LogP contribution in [0.15, 0.2) is 0 Å². The summed E-state index contributed by atoms with van der Waals surface area (Å²) in [6, 6.07) is 0. The van der Waals surface area contributed by atoms with Gasteiger partial charge in [0.05, 0.1) is 0 Å². The summed E-state index contributed by atoms with van der Waals surface area (Å²) in [5, 5.41) is 3.86. The van der Waals surface area contributed by atoms with E-state index in [-0.39, 0.29) is 5.91 Å². The van der Waals surface area contributed by atoms with Crippen LogP contribution < -0.4 is 5.32 Å². The van der Waals surface area contributed by atoms with Gasteiger partial charge in [0.25, 0.3) is 0 Å². The van der Waals surface area contributed by atoms with Gasteiger partial charge in [-0.25, -0.2) is 0 Å². The molecule has 0 aliphatic carbocycles. The third-order valence-electron chi connectivity index (χ3n) is 3.26. The molecule has 3 nitrogen and oxygen atoms in total. The largest absolute Gasteiger partial charge is 0.356 e. The van der Waals surface area contributed by atoms with E-state index in [1.807, 2.05) is 21.6 Å². The molecule has 1 amide bonds. The number of hydrogen-bond donors (Lipinski definition) is 1. The Kier molecular flexibility index (Phi) is 9.82. The number of nitrogens with one attached hydrogen (secondary N) is 1. The summed E-state index contributed by atoms with van der Waals surface area (Å²) in [4.78, 5) is 13.8. The van der Waals surface area contributed by atoms with Crippen molar-refractivity contribution in [2.24, 2.45) is 0 Å². The maximum Gasteiger partial charge on any atom is 0.219 e. The molecule has 0 spiro atoms. The number of carbonyl (C=O) groups excluding carboxylic acids is 1. The molecule has 1 aliphatic rings. The van der Waals surface area contributed by atoms with Gasteiger partial charge in [0, 0.05) is 24.0 Å². The van der Waals surface area contributed by atoms with Crippen LogP contribution in [0.5, 0.6) is 0 Å². The first-order valence-electron chi connectivity index (χ1n) is 7.38. The van der Waals surface area contributed by atoms with Gasteiger partial charge in [-0.05, 0) is 52.7 Å². The van der Waals surface area contributed by atoms with Crippen LogP contribution in [0.2, 0.25) is 0 Å². The Bertz CT molecular complexity index is 244. The molecule has 0 bridgehead atoms. The zero-order valence-corrected chi connectivity index (χ0v) is 14.0. The van der Waals surface area contributed by atoms with Crippen LogP contribution in [0.25, 0.3) is 0 Å². The standard InChI is InChI=1S/C14H28N2OS2/c1-16(2)11-6-5-10-15-14(17)8-4-3-7-13-9-12-18-19-13/h13H,3-12H2,1-2H3,(H,15,17). The summed E-state index contributed by atoms with van der Waals surface area (Å²) in [6.07, 6.45) is 7.83. The van der Waals surface area contributed by atoms with Crippen molar-refractivity contribution in [2.45, 2.75) is 50.2 Å². The van der Waals surface area contributed by atoms with Gasteiger partial charge in [-0.3, -0.25) is 4.79 Å². The SMILES string of the molecule is CN(C)CCCCNC(=O)CCCCC1CCSS1. The highest BCUT2D eigenvalue weighted by molar-refractivity contribution is 8.77. The molecular weight excluding hydrogens is 276 g/mol. The van der Waals surface area contributed by atoms with Crippen molar-refractivity contribution in [2.75, 3.05) is 32.9 Å². The second-order valence-corrected chi connectivity index (χ2v) is 8.22. The van der Waals surface area contributed by atoms with Crippen LogP contribution in [0.1, 0.15) is 44.9 Å². The van der Waals surface area contributed by atoms with E-state index in [4.69, 9.17) is 0 Å². The average Bonchev–Trinajstić information content (AvgIpc) is 2.87.